The first-order chi connectivity index (χ1) is 16.6. The summed E-state index contributed by atoms with van der Waals surface area (Å²) in [7, 11) is 0. The van der Waals surface area contributed by atoms with Crippen molar-refractivity contribution >= 4 is 16.9 Å². The average Bonchev–Trinajstić information content (AvgIpc) is 3.48. The third-order valence-electron chi connectivity index (χ3n) is 6.64. The van der Waals surface area contributed by atoms with Crippen molar-refractivity contribution < 1.29 is 13.6 Å². The number of carbonyl (C=O) groups is 1. The van der Waals surface area contributed by atoms with Crippen LogP contribution < -0.4 is 0 Å². The smallest absolute Gasteiger partial charge is 0.259 e. The summed E-state index contributed by atoms with van der Waals surface area (Å²) in [5.74, 6) is -2.46. The van der Waals surface area contributed by atoms with Gasteiger partial charge in [-0.15, -0.1) is 0 Å². The van der Waals surface area contributed by atoms with Crippen LogP contribution in [0.5, 0.6) is 0 Å². The fourth-order valence-corrected chi connectivity index (χ4v) is 4.75. The van der Waals surface area contributed by atoms with Crippen molar-refractivity contribution in [2.75, 3.05) is 26.2 Å². The fourth-order valence-electron chi connectivity index (χ4n) is 4.75. The number of pyridine rings is 1. The zero-order valence-corrected chi connectivity index (χ0v) is 18.2. The lowest BCUT2D eigenvalue weighted by Crippen LogP contribution is -2.56. The van der Waals surface area contributed by atoms with Gasteiger partial charge in [-0.05, 0) is 18.9 Å². The van der Waals surface area contributed by atoms with Crippen LogP contribution in [0.15, 0.2) is 43.4 Å². The Morgan fingerprint density at radius 2 is 1.82 bits per heavy atom. The number of amides is 1. The lowest BCUT2D eigenvalue weighted by atomic mass is 9.97. The highest BCUT2D eigenvalue weighted by molar-refractivity contribution is 5.94. The van der Waals surface area contributed by atoms with E-state index in [0.29, 0.717) is 19.1 Å². The average molecular weight is 463 g/mol. The number of H-pyrrole nitrogens is 1. The van der Waals surface area contributed by atoms with Crippen LogP contribution in [0.2, 0.25) is 0 Å². The van der Waals surface area contributed by atoms with E-state index < -0.39 is 23.1 Å². The molecule has 2 aliphatic heterocycles. The highest BCUT2D eigenvalue weighted by Crippen LogP contribution is 2.30. The lowest BCUT2D eigenvalue weighted by molar-refractivity contribution is 0.0508. The second kappa shape index (κ2) is 8.24. The van der Waals surface area contributed by atoms with Gasteiger partial charge in [0.15, 0.2) is 11.6 Å². The van der Waals surface area contributed by atoms with Gasteiger partial charge in [0.1, 0.15) is 23.6 Å². The first-order valence-electron chi connectivity index (χ1n) is 11.1. The number of likely N-dealkylation sites (tertiary alicyclic amines) is 2. The van der Waals surface area contributed by atoms with Crippen molar-refractivity contribution in [3.63, 3.8) is 0 Å². The van der Waals surface area contributed by atoms with Crippen molar-refractivity contribution in [1.82, 2.24) is 39.5 Å². The van der Waals surface area contributed by atoms with E-state index in [2.05, 4.69) is 29.9 Å². The largest absolute Gasteiger partial charge is 0.346 e. The summed E-state index contributed by atoms with van der Waals surface area (Å²) in [5.41, 5.74) is 2.04. The quantitative estimate of drug-likeness (QED) is 0.500. The lowest BCUT2D eigenvalue weighted by Gasteiger charge is -2.46. The van der Waals surface area contributed by atoms with Gasteiger partial charge in [0.2, 0.25) is 0 Å². The number of rotatable bonds is 4. The second-order valence-electron chi connectivity index (χ2n) is 8.61. The maximum absolute atomic E-state index is 13.9. The molecule has 9 nitrogen and oxygen atoms in total. The van der Waals surface area contributed by atoms with Gasteiger partial charge in [-0.3, -0.25) is 19.4 Å². The number of hydrogen-bond acceptors (Lipinski definition) is 6. The number of hydrogen-bond donors (Lipinski definition) is 1. The van der Waals surface area contributed by atoms with Crippen molar-refractivity contribution in [3.8, 4) is 11.3 Å². The van der Waals surface area contributed by atoms with Crippen molar-refractivity contribution in [3.05, 3.63) is 66.6 Å². The normalized spacial score (nSPS) is 17.9. The Kier molecular flexibility index (Phi) is 5.05. The maximum atomic E-state index is 13.9. The van der Waals surface area contributed by atoms with E-state index in [1.807, 2.05) is 29.3 Å². The molecule has 1 radical (unpaired) electrons. The van der Waals surface area contributed by atoms with Gasteiger partial charge in [0.25, 0.3) is 5.91 Å². The predicted octanol–water partition coefficient (Wildman–Crippen LogP) is 2.50. The Morgan fingerprint density at radius 3 is 2.59 bits per heavy atom. The zero-order chi connectivity index (χ0) is 23.2. The molecule has 2 saturated heterocycles. The van der Waals surface area contributed by atoms with E-state index >= 15 is 0 Å². The maximum Gasteiger partial charge on any atom is 0.259 e. The van der Waals surface area contributed by atoms with Crippen LogP contribution in [0.25, 0.3) is 22.3 Å². The number of carbonyl (C=O) groups excluding carboxylic acids is 1. The molecule has 6 heterocycles. The highest BCUT2D eigenvalue weighted by Gasteiger charge is 2.37. The van der Waals surface area contributed by atoms with Crippen LogP contribution >= 0.6 is 0 Å². The number of nitrogens with one attached hydrogen (secondary N) is 1. The molecular formula is C23H21F2N8O. The molecule has 0 spiro atoms. The van der Waals surface area contributed by atoms with E-state index in [-0.39, 0.29) is 0 Å². The van der Waals surface area contributed by atoms with E-state index in [9.17, 15) is 13.6 Å². The van der Waals surface area contributed by atoms with E-state index in [4.69, 9.17) is 0 Å². The Balaban J connectivity index is 1.06. The van der Waals surface area contributed by atoms with E-state index in [1.165, 1.54) is 17.3 Å². The molecule has 0 atom stereocenters. The van der Waals surface area contributed by atoms with E-state index in [0.717, 1.165) is 60.6 Å². The van der Waals surface area contributed by atoms with Gasteiger partial charge in [0.05, 0.1) is 24.3 Å². The van der Waals surface area contributed by atoms with Gasteiger partial charge >= 0.3 is 0 Å². The minimum atomic E-state index is -0.924. The number of aromatic amines is 1. The second-order valence-corrected chi connectivity index (χ2v) is 8.61. The molecule has 11 heteroatoms. The SMILES string of the molecule is O=C(c1c(F)cncc1F)N1CCC(N2C[C](n3cc(-c4ncnc5[nH]ccc45)cn3)C2)CC1. The molecule has 6 rings (SSSR count). The van der Waals surface area contributed by atoms with Crippen molar-refractivity contribution in [2.24, 2.45) is 0 Å². The molecule has 4 aromatic rings. The van der Waals surface area contributed by atoms with Gasteiger partial charge < -0.3 is 9.88 Å². The van der Waals surface area contributed by atoms with Crippen LogP contribution in [0.4, 0.5) is 8.78 Å². The third-order valence-corrected chi connectivity index (χ3v) is 6.64. The summed E-state index contributed by atoms with van der Waals surface area (Å²) in [6, 6.07) is 3.45. The highest BCUT2D eigenvalue weighted by atomic mass is 19.1. The molecule has 0 unspecified atom stereocenters. The van der Waals surface area contributed by atoms with Crippen molar-refractivity contribution in [2.45, 2.75) is 18.9 Å². The molecule has 2 aliphatic rings. The van der Waals surface area contributed by atoms with Crippen LogP contribution in [-0.4, -0.2) is 77.6 Å². The van der Waals surface area contributed by atoms with Crippen LogP contribution in [-0.2, 0) is 0 Å². The molecule has 4 aromatic heterocycles. The Bertz CT molecular complexity index is 1330. The summed E-state index contributed by atoms with van der Waals surface area (Å²) >= 11 is 0. The molecule has 0 aromatic carbocycles. The van der Waals surface area contributed by atoms with Gasteiger partial charge in [-0.1, -0.05) is 0 Å². The summed E-state index contributed by atoms with van der Waals surface area (Å²) in [6.07, 6.45) is 10.4. The molecule has 1 N–H and O–H groups in total. The number of halogens is 2. The Labute approximate surface area is 193 Å². The molecule has 1 amide bonds. The Morgan fingerprint density at radius 1 is 1.06 bits per heavy atom. The number of aromatic nitrogens is 6. The monoisotopic (exact) mass is 463 g/mol. The first-order valence-corrected chi connectivity index (χ1v) is 11.1. The minimum Gasteiger partial charge on any atom is -0.346 e. The molecule has 173 valence electrons. The fraction of sp³-hybridized carbons (Fsp3) is 0.304. The molecule has 2 fully saturated rings. The van der Waals surface area contributed by atoms with Crippen LogP contribution in [0.1, 0.15) is 23.2 Å². The number of nitrogens with zero attached hydrogens (tertiary/aromatic N) is 7. The van der Waals surface area contributed by atoms with Gasteiger partial charge in [0, 0.05) is 55.6 Å². The topological polar surface area (TPSA) is 95.8 Å². The molecule has 0 aliphatic carbocycles. The molecular weight excluding hydrogens is 442 g/mol. The van der Waals surface area contributed by atoms with Gasteiger partial charge in [-0.2, -0.15) is 5.10 Å². The van der Waals surface area contributed by atoms with Crippen LogP contribution in [0, 0.1) is 17.7 Å². The Hall–Kier alpha value is -3.73. The van der Waals surface area contributed by atoms with Crippen LogP contribution in [0.3, 0.4) is 0 Å². The summed E-state index contributed by atoms with van der Waals surface area (Å²) in [5, 5.41) is 5.48. The van der Waals surface area contributed by atoms with Gasteiger partial charge in [-0.25, -0.2) is 18.7 Å². The molecule has 0 saturated carbocycles. The predicted molar refractivity (Wildman–Crippen MR) is 118 cm³/mol. The summed E-state index contributed by atoms with van der Waals surface area (Å²) in [6.45, 7) is 2.50. The number of fused-ring (bicyclic) bond motifs is 1. The summed E-state index contributed by atoms with van der Waals surface area (Å²) < 4.78 is 29.7. The molecule has 0 bridgehead atoms. The third kappa shape index (κ3) is 3.52. The number of piperidine rings is 1. The zero-order valence-electron chi connectivity index (χ0n) is 18.2. The van der Waals surface area contributed by atoms with E-state index in [1.54, 1.807) is 0 Å². The summed E-state index contributed by atoms with van der Waals surface area (Å²) in [4.78, 5) is 31.7. The molecule has 34 heavy (non-hydrogen) atoms. The first kappa shape index (κ1) is 20.8. The van der Waals surface area contributed by atoms with Crippen molar-refractivity contribution in [1.29, 1.82) is 0 Å². The standard InChI is InChI=1S/C23H21F2N8O/c24-18-8-26-9-19(25)20(18)23(34)31-5-2-15(3-6-31)32-11-16(12-32)33-10-14(7-30-33)21-17-1-4-27-22(17)29-13-28-21/h1,4,7-10,13,15H,2-3,5-6,11-12H2,(H,27,28,29). The minimum absolute atomic E-state index is 0.316.